The van der Waals surface area contributed by atoms with E-state index in [0.29, 0.717) is 24.5 Å². The summed E-state index contributed by atoms with van der Waals surface area (Å²) >= 11 is 6.14. The summed E-state index contributed by atoms with van der Waals surface area (Å²) in [5.41, 5.74) is 2.02. The molecule has 0 atom stereocenters. The molecular formula is C14H13ClN2O2S. The minimum atomic E-state index is -3.49. The van der Waals surface area contributed by atoms with Crippen LogP contribution in [-0.2, 0) is 23.0 Å². The number of hydrogen-bond donors (Lipinski definition) is 0. The summed E-state index contributed by atoms with van der Waals surface area (Å²) < 4.78 is 26.5. The summed E-state index contributed by atoms with van der Waals surface area (Å²) in [6, 6.07) is 8.80. The molecule has 1 aromatic heterocycles. The van der Waals surface area contributed by atoms with E-state index in [1.54, 1.807) is 18.3 Å². The van der Waals surface area contributed by atoms with Crippen LogP contribution in [0.15, 0.2) is 47.6 Å². The number of rotatable bonds is 2. The normalized spacial score (nSPS) is 15.8. The van der Waals surface area contributed by atoms with Crippen LogP contribution in [0.25, 0.3) is 0 Å². The second kappa shape index (κ2) is 5.16. The van der Waals surface area contributed by atoms with Gasteiger partial charge in [0.2, 0.25) is 10.0 Å². The number of fused-ring (bicyclic) bond motifs is 1. The molecule has 1 aromatic carbocycles. The lowest BCUT2D eigenvalue weighted by atomic mass is 10.0. The molecule has 0 N–H and O–H groups in total. The van der Waals surface area contributed by atoms with Gasteiger partial charge in [-0.3, -0.25) is 4.98 Å². The molecule has 3 rings (SSSR count). The number of halogens is 1. The van der Waals surface area contributed by atoms with Crippen molar-refractivity contribution in [3.05, 3.63) is 58.9 Å². The highest BCUT2D eigenvalue weighted by Crippen LogP contribution is 2.28. The van der Waals surface area contributed by atoms with Gasteiger partial charge < -0.3 is 0 Å². The van der Waals surface area contributed by atoms with Crippen LogP contribution in [0.3, 0.4) is 0 Å². The van der Waals surface area contributed by atoms with Gasteiger partial charge in [-0.05, 0) is 35.7 Å². The van der Waals surface area contributed by atoms with Gasteiger partial charge in [0, 0.05) is 30.5 Å². The molecular weight excluding hydrogens is 296 g/mol. The molecule has 104 valence electrons. The Kier molecular flexibility index (Phi) is 3.50. The highest BCUT2D eigenvalue weighted by molar-refractivity contribution is 7.89. The van der Waals surface area contributed by atoms with Crippen molar-refractivity contribution in [2.45, 2.75) is 17.9 Å². The third kappa shape index (κ3) is 2.32. The fourth-order valence-electron chi connectivity index (χ4n) is 2.39. The van der Waals surface area contributed by atoms with Gasteiger partial charge in [0.15, 0.2) is 0 Å². The fraction of sp³-hybridized carbons (Fsp3) is 0.214. The highest BCUT2D eigenvalue weighted by atomic mass is 35.5. The van der Waals surface area contributed by atoms with Crippen molar-refractivity contribution in [3.63, 3.8) is 0 Å². The van der Waals surface area contributed by atoms with Crippen molar-refractivity contribution >= 4 is 21.6 Å². The first kappa shape index (κ1) is 13.5. The van der Waals surface area contributed by atoms with Gasteiger partial charge in [0.1, 0.15) is 4.90 Å². The molecule has 2 aromatic rings. The number of aromatic nitrogens is 1. The molecule has 0 saturated carbocycles. The maximum atomic E-state index is 12.5. The van der Waals surface area contributed by atoms with Crippen LogP contribution in [0.2, 0.25) is 5.02 Å². The number of hydrogen-bond acceptors (Lipinski definition) is 3. The lowest BCUT2D eigenvalue weighted by Crippen LogP contribution is -2.36. The van der Waals surface area contributed by atoms with E-state index in [-0.39, 0.29) is 4.90 Å². The largest absolute Gasteiger partial charge is 0.263 e. The van der Waals surface area contributed by atoms with Crippen molar-refractivity contribution in [2.24, 2.45) is 0 Å². The van der Waals surface area contributed by atoms with E-state index in [1.807, 2.05) is 18.2 Å². The molecule has 0 unspecified atom stereocenters. The summed E-state index contributed by atoms with van der Waals surface area (Å²) in [5.74, 6) is 0. The quantitative estimate of drug-likeness (QED) is 0.856. The molecule has 1 aliphatic heterocycles. The first-order chi connectivity index (χ1) is 9.59. The number of benzene rings is 1. The molecule has 20 heavy (non-hydrogen) atoms. The smallest absolute Gasteiger partial charge is 0.244 e. The highest BCUT2D eigenvalue weighted by Gasteiger charge is 2.29. The molecule has 6 heteroatoms. The maximum Gasteiger partial charge on any atom is 0.244 e. The zero-order valence-electron chi connectivity index (χ0n) is 10.7. The van der Waals surface area contributed by atoms with Gasteiger partial charge in [-0.25, -0.2) is 8.42 Å². The fourth-order valence-corrected chi connectivity index (χ4v) is 4.06. The Morgan fingerprint density at radius 1 is 1.20 bits per heavy atom. The summed E-state index contributed by atoms with van der Waals surface area (Å²) in [5, 5.41) is 0.709. The van der Waals surface area contributed by atoms with Gasteiger partial charge in [-0.1, -0.05) is 23.7 Å². The predicted octanol–water partition coefficient (Wildman–Crippen LogP) is 2.48. The maximum absolute atomic E-state index is 12.5. The van der Waals surface area contributed by atoms with Crippen molar-refractivity contribution in [1.29, 1.82) is 0 Å². The van der Waals surface area contributed by atoms with Gasteiger partial charge in [-0.15, -0.1) is 0 Å². The van der Waals surface area contributed by atoms with Crippen LogP contribution < -0.4 is 0 Å². The van der Waals surface area contributed by atoms with E-state index in [1.165, 1.54) is 10.5 Å². The van der Waals surface area contributed by atoms with E-state index in [0.717, 1.165) is 11.1 Å². The monoisotopic (exact) mass is 308 g/mol. The van der Waals surface area contributed by atoms with Gasteiger partial charge in [0.25, 0.3) is 0 Å². The minimum absolute atomic E-state index is 0.227. The summed E-state index contributed by atoms with van der Waals surface area (Å²) in [7, 11) is -3.49. The van der Waals surface area contributed by atoms with Crippen molar-refractivity contribution in [3.8, 4) is 0 Å². The molecule has 0 bridgehead atoms. The van der Waals surface area contributed by atoms with Crippen LogP contribution in [0.1, 0.15) is 11.1 Å². The van der Waals surface area contributed by atoms with Crippen molar-refractivity contribution in [1.82, 2.24) is 9.29 Å². The summed E-state index contributed by atoms with van der Waals surface area (Å²) in [4.78, 5) is 4.10. The predicted molar refractivity (Wildman–Crippen MR) is 77.0 cm³/mol. The second-order valence-corrected chi connectivity index (χ2v) is 7.00. The zero-order valence-corrected chi connectivity index (χ0v) is 12.2. The number of pyridine rings is 1. The Hall–Kier alpha value is -1.43. The van der Waals surface area contributed by atoms with Crippen LogP contribution in [0.4, 0.5) is 0 Å². The van der Waals surface area contributed by atoms with Crippen LogP contribution in [-0.4, -0.2) is 24.3 Å². The molecule has 0 amide bonds. The Bertz CT molecular complexity index is 732. The molecule has 0 saturated heterocycles. The van der Waals surface area contributed by atoms with Gasteiger partial charge in [0.05, 0.1) is 0 Å². The molecule has 0 aliphatic carbocycles. The van der Waals surface area contributed by atoms with E-state index >= 15 is 0 Å². The van der Waals surface area contributed by atoms with E-state index in [4.69, 9.17) is 11.6 Å². The Labute approximate surface area is 123 Å². The van der Waals surface area contributed by atoms with Crippen LogP contribution in [0.5, 0.6) is 0 Å². The third-order valence-electron chi connectivity index (χ3n) is 3.45. The Morgan fingerprint density at radius 2 is 2.05 bits per heavy atom. The molecule has 0 fully saturated rings. The first-order valence-electron chi connectivity index (χ1n) is 6.25. The van der Waals surface area contributed by atoms with Crippen molar-refractivity contribution < 1.29 is 8.42 Å². The molecule has 0 spiro atoms. The molecule has 0 radical (unpaired) electrons. The minimum Gasteiger partial charge on any atom is -0.263 e. The zero-order chi connectivity index (χ0) is 14.2. The van der Waals surface area contributed by atoms with E-state index in [9.17, 15) is 8.42 Å². The average molecular weight is 309 g/mol. The lowest BCUT2D eigenvalue weighted by Gasteiger charge is -2.28. The van der Waals surface area contributed by atoms with Gasteiger partial charge in [-0.2, -0.15) is 4.31 Å². The van der Waals surface area contributed by atoms with Crippen molar-refractivity contribution in [2.75, 3.05) is 6.54 Å². The summed E-state index contributed by atoms with van der Waals surface area (Å²) in [6.45, 7) is 0.793. The second-order valence-electron chi connectivity index (χ2n) is 4.65. The number of sulfonamides is 1. The first-order valence-corrected chi connectivity index (χ1v) is 8.07. The topological polar surface area (TPSA) is 50.3 Å². The molecule has 1 aliphatic rings. The van der Waals surface area contributed by atoms with Gasteiger partial charge >= 0.3 is 0 Å². The van der Waals surface area contributed by atoms with E-state index in [2.05, 4.69) is 4.98 Å². The lowest BCUT2D eigenvalue weighted by molar-refractivity contribution is 0.391. The summed E-state index contributed by atoms with van der Waals surface area (Å²) in [6.07, 6.45) is 3.57. The Balaban J connectivity index is 1.95. The standard InChI is InChI=1S/C14H13ClN2O2S/c15-14-5-1-3-11-10-17(8-6-13(11)14)20(18,19)12-4-2-7-16-9-12/h1-5,7,9H,6,8,10H2. The average Bonchev–Trinajstić information content (AvgIpc) is 2.48. The van der Waals surface area contributed by atoms with E-state index < -0.39 is 10.0 Å². The Morgan fingerprint density at radius 3 is 2.80 bits per heavy atom. The third-order valence-corrected chi connectivity index (χ3v) is 5.63. The van der Waals surface area contributed by atoms with Crippen LogP contribution in [0, 0.1) is 0 Å². The molecule has 4 nitrogen and oxygen atoms in total. The van der Waals surface area contributed by atoms with Crippen LogP contribution >= 0.6 is 11.6 Å². The SMILES string of the molecule is O=S(=O)(c1cccnc1)N1CCc2c(Cl)cccc2C1. The molecule has 2 heterocycles. The number of nitrogens with zero attached hydrogens (tertiary/aromatic N) is 2.